The van der Waals surface area contributed by atoms with Crippen molar-refractivity contribution in [2.75, 3.05) is 13.2 Å². The highest BCUT2D eigenvalue weighted by atomic mass is 19.3. The number of hydrogen-bond acceptors (Lipinski definition) is 9. The van der Waals surface area contributed by atoms with Crippen molar-refractivity contribution < 1.29 is 55.3 Å². The van der Waals surface area contributed by atoms with Crippen LogP contribution in [0.3, 0.4) is 0 Å². The van der Waals surface area contributed by atoms with Gasteiger partial charge < -0.3 is 34.0 Å². The molecular weight excluding hydrogens is 630 g/mol. The first-order valence-electron chi connectivity index (χ1n) is 14.8. The van der Waals surface area contributed by atoms with Crippen LogP contribution in [0.4, 0.5) is 22.4 Å². The summed E-state index contributed by atoms with van der Waals surface area (Å²) in [5.41, 5.74) is -1.47. The molecule has 1 aliphatic rings. The van der Waals surface area contributed by atoms with Crippen LogP contribution in [-0.2, 0) is 14.3 Å². The van der Waals surface area contributed by atoms with E-state index in [1.165, 1.54) is 32.0 Å². The third-order valence-electron chi connectivity index (χ3n) is 6.64. The summed E-state index contributed by atoms with van der Waals surface area (Å²) in [4.78, 5) is 43.4. The summed E-state index contributed by atoms with van der Waals surface area (Å²) in [6.45, 7) is 4.96. The lowest BCUT2D eigenvalue weighted by Gasteiger charge is -2.21. The van der Waals surface area contributed by atoms with E-state index < -0.39 is 59.6 Å². The minimum Gasteiger partial charge on any atom is -0.489 e. The van der Waals surface area contributed by atoms with Crippen LogP contribution in [0.25, 0.3) is 11.5 Å². The van der Waals surface area contributed by atoms with Gasteiger partial charge in [-0.2, -0.15) is 8.78 Å². The summed E-state index contributed by atoms with van der Waals surface area (Å²) in [6, 6.07) is 3.59. The fraction of sp³-hybridized carbons (Fsp3) is 0.438. The number of benzene rings is 2. The average molecular weight is 666 g/mol. The van der Waals surface area contributed by atoms with E-state index in [2.05, 4.69) is 20.4 Å². The van der Waals surface area contributed by atoms with Crippen molar-refractivity contribution in [3.63, 3.8) is 0 Å². The molecule has 11 nitrogen and oxygen atoms in total. The van der Waals surface area contributed by atoms with Crippen LogP contribution >= 0.6 is 0 Å². The quantitative estimate of drug-likeness (QED) is 0.152. The maximum Gasteiger partial charge on any atom is 0.408 e. The SMILES string of the molecule is CCOC(=O)C(NC(=O)c1nc(-c2ccc(OC(F)F)c(OCC3CC3)c2)oc1[C@H](C)NC(=O)OC(C)(C)C)c1ccc(F)cc1F. The van der Waals surface area contributed by atoms with Gasteiger partial charge in [-0.1, -0.05) is 6.07 Å². The first kappa shape index (κ1) is 35.0. The number of amides is 2. The van der Waals surface area contributed by atoms with E-state index in [4.69, 9.17) is 18.6 Å². The molecule has 0 aliphatic heterocycles. The Morgan fingerprint density at radius 3 is 2.38 bits per heavy atom. The fourth-order valence-corrected chi connectivity index (χ4v) is 4.33. The predicted molar refractivity (Wildman–Crippen MR) is 158 cm³/mol. The Labute approximate surface area is 267 Å². The molecule has 2 aromatic carbocycles. The number of rotatable bonds is 13. The van der Waals surface area contributed by atoms with Gasteiger partial charge in [0.15, 0.2) is 29.0 Å². The van der Waals surface area contributed by atoms with Crippen molar-refractivity contribution >= 4 is 18.0 Å². The molecule has 15 heteroatoms. The van der Waals surface area contributed by atoms with E-state index in [-0.39, 0.29) is 53.4 Å². The Hall–Kier alpha value is -4.82. The van der Waals surface area contributed by atoms with E-state index in [0.717, 1.165) is 25.0 Å². The molecule has 0 bridgehead atoms. The lowest BCUT2D eigenvalue weighted by atomic mass is 10.1. The van der Waals surface area contributed by atoms with Crippen LogP contribution in [0.15, 0.2) is 40.8 Å². The second-order valence-corrected chi connectivity index (χ2v) is 11.7. The Bertz CT molecular complexity index is 1600. The van der Waals surface area contributed by atoms with Crippen LogP contribution < -0.4 is 20.1 Å². The monoisotopic (exact) mass is 665 g/mol. The minimum atomic E-state index is -3.12. The van der Waals surface area contributed by atoms with Crippen molar-refractivity contribution in [1.82, 2.24) is 15.6 Å². The van der Waals surface area contributed by atoms with Crippen molar-refractivity contribution in [1.29, 1.82) is 0 Å². The lowest BCUT2D eigenvalue weighted by molar-refractivity contribution is -0.145. The molecule has 0 saturated heterocycles. The summed E-state index contributed by atoms with van der Waals surface area (Å²) in [6.07, 6.45) is 1.02. The highest BCUT2D eigenvalue weighted by Gasteiger charge is 2.33. The van der Waals surface area contributed by atoms with E-state index in [9.17, 15) is 31.9 Å². The summed E-state index contributed by atoms with van der Waals surface area (Å²) >= 11 is 0. The Morgan fingerprint density at radius 2 is 1.77 bits per heavy atom. The number of alkyl halides is 2. The maximum absolute atomic E-state index is 14.8. The smallest absolute Gasteiger partial charge is 0.408 e. The average Bonchev–Trinajstić information content (AvgIpc) is 3.69. The molecule has 47 heavy (non-hydrogen) atoms. The lowest BCUT2D eigenvalue weighted by Crippen LogP contribution is -2.37. The standard InChI is InChI=1S/C32H35F4N3O8/c1-6-43-29(41)24(20-11-10-19(33)14-21(20)34)38-27(40)25-26(16(2)37-31(42)47-32(3,4)5)46-28(39-25)18-9-12-22(45-30(35)36)23(13-18)44-15-17-7-8-17/h9-14,16-17,24,30H,6-8,15H2,1-5H3,(H,37,42)(H,38,40)/t16-,24?/m0/s1. The van der Waals surface area contributed by atoms with E-state index in [0.29, 0.717) is 6.07 Å². The van der Waals surface area contributed by atoms with Gasteiger partial charge in [0.1, 0.15) is 17.2 Å². The topological polar surface area (TPSA) is 138 Å². The van der Waals surface area contributed by atoms with E-state index >= 15 is 0 Å². The molecule has 3 aromatic rings. The molecule has 1 saturated carbocycles. The van der Waals surface area contributed by atoms with Crippen LogP contribution in [0.1, 0.15) is 81.4 Å². The second-order valence-electron chi connectivity index (χ2n) is 11.7. The number of nitrogens with zero attached hydrogens (tertiary/aromatic N) is 1. The number of esters is 1. The Morgan fingerprint density at radius 1 is 1.04 bits per heavy atom. The van der Waals surface area contributed by atoms with E-state index in [1.54, 1.807) is 20.8 Å². The fourth-order valence-electron chi connectivity index (χ4n) is 4.33. The van der Waals surface area contributed by atoms with Gasteiger partial charge in [0, 0.05) is 17.2 Å². The molecule has 1 heterocycles. The van der Waals surface area contributed by atoms with Crippen LogP contribution in [0, 0.1) is 17.6 Å². The number of oxazole rings is 1. The van der Waals surface area contributed by atoms with Crippen molar-refractivity contribution in [3.05, 3.63) is 65.1 Å². The molecule has 0 spiro atoms. The van der Waals surface area contributed by atoms with Gasteiger partial charge in [-0.3, -0.25) is 4.79 Å². The van der Waals surface area contributed by atoms with Crippen molar-refractivity contribution in [3.8, 4) is 23.0 Å². The normalized spacial score (nSPS) is 14.3. The van der Waals surface area contributed by atoms with Gasteiger partial charge in [0.05, 0.1) is 19.3 Å². The first-order chi connectivity index (χ1) is 22.1. The second kappa shape index (κ2) is 14.7. The molecule has 0 radical (unpaired) electrons. The van der Waals surface area contributed by atoms with Gasteiger partial charge >= 0.3 is 18.7 Å². The number of carbonyl (C=O) groups is 3. The largest absolute Gasteiger partial charge is 0.489 e. The zero-order valence-corrected chi connectivity index (χ0v) is 26.3. The van der Waals surface area contributed by atoms with Gasteiger partial charge in [0.25, 0.3) is 5.91 Å². The number of hydrogen-bond donors (Lipinski definition) is 2. The molecule has 2 amide bonds. The molecule has 2 N–H and O–H groups in total. The third kappa shape index (κ3) is 9.59. The number of halogens is 4. The molecule has 4 rings (SSSR count). The molecule has 1 aliphatic carbocycles. The van der Waals surface area contributed by atoms with Gasteiger partial charge in [-0.25, -0.2) is 23.4 Å². The highest BCUT2D eigenvalue weighted by molar-refractivity contribution is 5.97. The summed E-state index contributed by atoms with van der Waals surface area (Å²) in [5.74, 6) is -4.46. The highest BCUT2D eigenvalue weighted by Crippen LogP contribution is 2.37. The summed E-state index contributed by atoms with van der Waals surface area (Å²) < 4.78 is 81.1. The minimum absolute atomic E-state index is 0.0189. The molecule has 1 aromatic heterocycles. The number of carbonyl (C=O) groups excluding carboxylic acids is 3. The van der Waals surface area contributed by atoms with Crippen LogP contribution in [-0.4, -0.2) is 48.4 Å². The van der Waals surface area contributed by atoms with Gasteiger partial charge in [-0.05, 0) is 77.6 Å². The van der Waals surface area contributed by atoms with Crippen LogP contribution in [0.5, 0.6) is 11.5 Å². The van der Waals surface area contributed by atoms with Crippen LogP contribution in [0.2, 0.25) is 0 Å². The summed E-state index contributed by atoms with van der Waals surface area (Å²) in [5, 5.41) is 4.90. The van der Waals surface area contributed by atoms with Gasteiger partial charge in [-0.15, -0.1) is 0 Å². The van der Waals surface area contributed by atoms with Crippen molar-refractivity contribution in [2.24, 2.45) is 5.92 Å². The Balaban J connectivity index is 1.74. The zero-order valence-electron chi connectivity index (χ0n) is 26.3. The third-order valence-corrected chi connectivity index (χ3v) is 6.64. The number of alkyl carbamates (subject to hydrolysis) is 1. The summed E-state index contributed by atoms with van der Waals surface area (Å²) in [7, 11) is 0. The Kier molecular flexibility index (Phi) is 11.0. The maximum atomic E-state index is 14.8. The van der Waals surface area contributed by atoms with Crippen molar-refractivity contribution in [2.45, 2.75) is 71.8 Å². The van der Waals surface area contributed by atoms with E-state index in [1.807, 2.05) is 0 Å². The molecule has 1 fully saturated rings. The molecule has 254 valence electrons. The first-order valence-corrected chi connectivity index (χ1v) is 14.8. The molecule has 2 atom stereocenters. The van der Waals surface area contributed by atoms with Gasteiger partial charge in [0.2, 0.25) is 5.89 Å². The number of nitrogens with one attached hydrogen (secondary N) is 2. The number of aromatic nitrogens is 1. The molecule has 1 unspecified atom stereocenters. The predicted octanol–water partition coefficient (Wildman–Crippen LogP) is 6.63. The zero-order chi connectivity index (χ0) is 34.5. The number of ether oxygens (including phenoxy) is 4. The molecular formula is C32H35F4N3O8.